The second kappa shape index (κ2) is 7.11. The molecule has 1 aromatic rings. The zero-order chi connectivity index (χ0) is 15.2. The summed E-state index contributed by atoms with van der Waals surface area (Å²) in [6, 6.07) is 5.96. The lowest BCUT2D eigenvalue weighted by Gasteiger charge is -2.30. The van der Waals surface area contributed by atoms with Gasteiger partial charge in [-0.3, -0.25) is 9.59 Å². The van der Waals surface area contributed by atoms with E-state index < -0.39 is 0 Å². The highest BCUT2D eigenvalue weighted by molar-refractivity contribution is 5.86. The Hall–Kier alpha value is -2.04. The third kappa shape index (κ3) is 4.21. The number of nitrogens with zero attached hydrogens (tertiary/aromatic N) is 2. The number of hydrogen-bond acceptors (Lipinski definition) is 2. The summed E-state index contributed by atoms with van der Waals surface area (Å²) in [5, 5.41) is 0. The fourth-order valence-corrected chi connectivity index (χ4v) is 2.50. The van der Waals surface area contributed by atoms with Crippen molar-refractivity contribution in [2.45, 2.75) is 26.2 Å². The van der Waals surface area contributed by atoms with Gasteiger partial charge in [0.2, 0.25) is 11.8 Å². The van der Waals surface area contributed by atoms with Crippen molar-refractivity contribution in [2.24, 2.45) is 10.9 Å². The van der Waals surface area contributed by atoms with Crippen LogP contribution in [0.4, 0.5) is 4.39 Å². The van der Waals surface area contributed by atoms with E-state index in [1.807, 2.05) is 0 Å². The van der Waals surface area contributed by atoms with Gasteiger partial charge in [0, 0.05) is 25.2 Å². The van der Waals surface area contributed by atoms with Crippen LogP contribution < -0.4 is 0 Å². The van der Waals surface area contributed by atoms with Crippen LogP contribution in [0.15, 0.2) is 29.3 Å². The van der Waals surface area contributed by atoms with E-state index >= 15 is 0 Å². The summed E-state index contributed by atoms with van der Waals surface area (Å²) in [5.41, 5.74) is 0.801. The summed E-state index contributed by atoms with van der Waals surface area (Å²) < 4.78 is 12.8. The van der Waals surface area contributed by atoms with E-state index in [0.717, 1.165) is 5.56 Å². The monoisotopic (exact) mass is 290 g/mol. The average molecular weight is 290 g/mol. The molecule has 0 aliphatic carbocycles. The summed E-state index contributed by atoms with van der Waals surface area (Å²) in [7, 11) is 0. The number of amides is 2. The van der Waals surface area contributed by atoms with Crippen LogP contribution in [-0.2, 0) is 16.0 Å². The van der Waals surface area contributed by atoms with Crippen molar-refractivity contribution in [1.82, 2.24) is 4.90 Å². The van der Waals surface area contributed by atoms with Crippen LogP contribution >= 0.6 is 0 Å². The number of rotatable bonds is 3. The first-order valence-corrected chi connectivity index (χ1v) is 7.15. The number of piperidine rings is 1. The van der Waals surface area contributed by atoms with E-state index in [9.17, 15) is 14.0 Å². The van der Waals surface area contributed by atoms with Crippen LogP contribution in [0.3, 0.4) is 0 Å². The third-order valence-corrected chi connectivity index (χ3v) is 3.72. The molecule has 1 aromatic carbocycles. The van der Waals surface area contributed by atoms with E-state index in [2.05, 4.69) is 4.99 Å². The highest BCUT2D eigenvalue weighted by Crippen LogP contribution is 2.19. The van der Waals surface area contributed by atoms with Gasteiger partial charge in [-0.15, -0.1) is 0 Å². The molecule has 0 N–H and O–H groups in total. The van der Waals surface area contributed by atoms with Gasteiger partial charge in [-0.05, 0) is 37.5 Å². The number of halogens is 1. The molecule has 21 heavy (non-hydrogen) atoms. The molecule has 1 aliphatic heterocycles. The lowest BCUT2D eigenvalue weighted by Crippen LogP contribution is -2.40. The number of carbonyl (C=O) groups excluding carboxylic acids is 2. The van der Waals surface area contributed by atoms with Crippen LogP contribution in [0.5, 0.6) is 0 Å². The highest BCUT2D eigenvalue weighted by atomic mass is 19.1. The number of hydrogen-bond donors (Lipinski definition) is 0. The fourth-order valence-electron chi connectivity index (χ4n) is 2.50. The maximum absolute atomic E-state index is 12.8. The zero-order valence-corrected chi connectivity index (χ0v) is 12.1. The lowest BCUT2D eigenvalue weighted by molar-refractivity contribution is -0.134. The molecule has 0 saturated carbocycles. The smallest absolute Gasteiger partial charge is 0.248 e. The third-order valence-electron chi connectivity index (χ3n) is 3.72. The summed E-state index contributed by atoms with van der Waals surface area (Å²) >= 11 is 0. The van der Waals surface area contributed by atoms with E-state index in [1.165, 1.54) is 18.3 Å². The topological polar surface area (TPSA) is 49.7 Å². The molecule has 1 heterocycles. The molecule has 0 unspecified atom stereocenters. The van der Waals surface area contributed by atoms with Crippen molar-refractivity contribution in [3.63, 3.8) is 0 Å². The van der Waals surface area contributed by atoms with Gasteiger partial charge >= 0.3 is 0 Å². The first-order valence-electron chi connectivity index (χ1n) is 7.15. The van der Waals surface area contributed by atoms with E-state index in [4.69, 9.17) is 0 Å². The Balaban J connectivity index is 1.85. The summed E-state index contributed by atoms with van der Waals surface area (Å²) in [4.78, 5) is 29.4. The first kappa shape index (κ1) is 15.4. The molecule has 0 aromatic heterocycles. The van der Waals surface area contributed by atoms with Crippen LogP contribution in [0.2, 0.25) is 0 Å². The van der Waals surface area contributed by atoms with Gasteiger partial charge in [0.15, 0.2) is 0 Å². The molecule has 2 rings (SSSR count). The van der Waals surface area contributed by atoms with E-state index in [0.29, 0.717) is 25.9 Å². The first-order chi connectivity index (χ1) is 10.1. The van der Waals surface area contributed by atoms with E-state index in [-0.39, 0.29) is 30.0 Å². The van der Waals surface area contributed by atoms with E-state index in [1.54, 1.807) is 24.0 Å². The molecule has 0 radical (unpaired) electrons. The van der Waals surface area contributed by atoms with Crippen molar-refractivity contribution < 1.29 is 14.0 Å². The average Bonchev–Trinajstić information content (AvgIpc) is 2.50. The second-order valence-electron chi connectivity index (χ2n) is 5.18. The maximum atomic E-state index is 12.8. The molecule has 0 bridgehead atoms. The molecule has 5 heteroatoms. The Kier molecular flexibility index (Phi) is 5.20. The van der Waals surface area contributed by atoms with Gasteiger partial charge in [-0.2, -0.15) is 0 Å². The minimum absolute atomic E-state index is 0.0199. The Bertz CT molecular complexity index is 532. The lowest BCUT2D eigenvalue weighted by atomic mass is 9.95. The van der Waals surface area contributed by atoms with Gasteiger partial charge in [0.05, 0.1) is 6.42 Å². The van der Waals surface area contributed by atoms with Gasteiger partial charge in [0.25, 0.3) is 0 Å². The molecule has 112 valence electrons. The predicted octanol–water partition coefficient (Wildman–Crippen LogP) is 2.22. The number of carbonyl (C=O) groups is 2. The Labute approximate surface area is 123 Å². The molecule has 0 atom stereocenters. The minimum atomic E-state index is -0.304. The largest absolute Gasteiger partial charge is 0.342 e. The van der Waals surface area contributed by atoms with Gasteiger partial charge in [-0.25, -0.2) is 9.38 Å². The van der Waals surface area contributed by atoms with Gasteiger partial charge in [0.1, 0.15) is 5.82 Å². The Morgan fingerprint density at radius 1 is 1.29 bits per heavy atom. The van der Waals surface area contributed by atoms with Crippen LogP contribution in [0.25, 0.3) is 0 Å². The van der Waals surface area contributed by atoms with Crippen molar-refractivity contribution in [1.29, 1.82) is 0 Å². The molecule has 0 spiro atoms. The molecule has 1 saturated heterocycles. The SMILES string of the molecule is CC=NC(=O)C1CCN(C(=O)Cc2ccc(F)cc2)CC1. The van der Waals surface area contributed by atoms with Crippen LogP contribution in [-0.4, -0.2) is 36.0 Å². The number of likely N-dealkylation sites (tertiary alicyclic amines) is 1. The summed E-state index contributed by atoms with van der Waals surface area (Å²) in [5.74, 6) is -0.451. The van der Waals surface area contributed by atoms with Gasteiger partial charge < -0.3 is 4.90 Å². The van der Waals surface area contributed by atoms with Crippen molar-refractivity contribution >= 4 is 18.0 Å². The molecular formula is C16H19FN2O2. The zero-order valence-electron chi connectivity index (χ0n) is 12.1. The molecule has 4 nitrogen and oxygen atoms in total. The quantitative estimate of drug-likeness (QED) is 0.801. The normalized spacial score (nSPS) is 16.4. The molecule has 1 aliphatic rings. The second-order valence-corrected chi connectivity index (χ2v) is 5.18. The molecule has 2 amide bonds. The predicted molar refractivity (Wildman–Crippen MR) is 78.6 cm³/mol. The van der Waals surface area contributed by atoms with Crippen LogP contribution in [0.1, 0.15) is 25.3 Å². The van der Waals surface area contributed by atoms with Crippen molar-refractivity contribution in [3.05, 3.63) is 35.6 Å². The van der Waals surface area contributed by atoms with Crippen molar-refractivity contribution in [2.75, 3.05) is 13.1 Å². The van der Waals surface area contributed by atoms with Gasteiger partial charge in [-0.1, -0.05) is 12.1 Å². The molecular weight excluding hydrogens is 271 g/mol. The maximum Gasteiger partial charge on any atom is 0.248 e. The highest BCUT2D eigenvalue weighted by Gasteiger charge is 2.26. The minimum Gasteiger partial charge on any atom is -0.342 e. The molecule has 1 fully saturated rings. The standard InChI is InChI=1S/C16H19FN2O2/c1-2-18-16(21)13-7-9-19(10-8-13)15(20)11-12-3-5-14(17)6-4-12/h2-6,13H,7-11H2,1H3. The summed E-state index contributed by atoms with van der Waals surface area (Å²) in [6.07, 6.45) is 3.09. The van der Waals surface area contributed by atoms with Crippen molar-refractivity contribution in [3.8, 4) is 0 Å². The fraction of sp³-hybridized carbons (Fsp3) is 0.438. The Morgan fingerprint density at radius 3 is 2.48 bits per heavy atom. The number of aliphatic imine (C=N–C) groups is 1. The summed E-state index contributed by atoms with van der Waals surface area (Å²) in [6.45, 7) is 2.88. The Morgan fingerprint density at radius 2 is 1.90 bits per heavy atom. The van der Waals surface area contributed by atoms with Crippen LogP contribution in [0, 0.1) is 11.7 Å². The number of benzene rings is 1.